The third-order valence-corrected chi connectivity index (χ3v) is 3.54. The third kappa shape index (κ3) is 2.73. The SMILES string of the molecule is [N-]=[N+]=NCC1CC(=O)N(c2ccc(-n3cccn3)cc2)C1. The van der Waals surface area contributed by atoms with Gasteiger partial charge in [0.25, 0.3) is 0 Å². The van der Waals surface area contributed by atoms with E-state index in [0.717, 1.165) is 11.4 Å². The molecule has 2 aromatic rings. The van der Waals surface area contributed by atoms with E-state index in [0.29, 0.717) is 19.5 Å². The number of benzene rings is 1. The van der Waals surface area contributed by atoms with Crippen LogP contribution in [0.15, 0.2) is 47.8 Å². The molecule has 0 N–H and O–H groups in total. The average Bonchev–Trinajstić information content (AvgIpc) is 3.15. The van der Waals surface area contributed by atoms with E-state index >= 15 is 0 Å². The Morgan fingerprint density at radius 3 is 2.76 bits per heavy atom. The summed E-state index contributed by atoms with van der Waals surface area (Å²) in [4.78, 5) is 16.5. The Labute approximate surface area is 121 Å². The van der Waals surface area contributed by atoms with E-state index in [4.69, 9.17) is 5.53 Å². The van der Waals surface area contributed by atoms with Crippen molar-refractivity contribution in [2.75, 3.05) is 18.0 Å². The molecule has 1 saturated heterocycles. The van der Waals surface area contributed by atoms with E-state index in [1.807, 2.05) is 36.5 Å². The van der Waals surface area contributed by atoms with Crippen molar-refractivity contribution in [3.8, 4) is 5.69 Å². The largest absolute Gasteiger partial charge is 0.312 e. The molecule has 0 aliphatic carbocycles. The van der Waals surface area contributed by atoms with E-state index < -0.39 is 0 Å². The van der Waals surface area contributed by atoms with Crippen LogP contribution in [-0.2, 0) is 4.79 Å². The molecule has 1 fully saturated rings. The number of carbonyl (C=O) groups excluding carboxylic acids is 1. The molecule has 0 spiro atoms. The van der Waals surface area contributed by atoms with Crippen LogP contribution in [0.3, 0.4) is 0 Å². The Morgan fingerprint density at radius 1 is 1.33 bits per heavy atom. The number of aromatic nitrogens is 2. The number of amides is 1. The topological polar surface area (TPSA) is 86.9 Å². The number of anilines is 1. The maximum Gasteiger partial charge on any atom is 0.227 e. The van der Waals surface area contributed by atoms with Crippen LogP contribution >= 0.6 is 0 Å². The zero-order valence-electron chi connectivity index (χ0n) is 11.3. The lowest BCUT2D eigenvalue weighted by Gasteiger charge is -2.17. The first-order chi connectivity index (χ1) is 10.3. The number of rotatable bonds is 4. The number of hydrogen-bond donors (Lipinski definition) is 0. The van der Waals surface area contributed by atoms with Gasteiger partial charge in [-0.05, 0) is 41.8 Å². The molecule has 3 rings (SSSR count). The third-order valence-electron chi connectivity index (χ3n) is 3.54. The van der Waals surface area contributed by atoms with Gasteiger partial charge >= 0.3 is 0 Å². The van der Waals surface area contributed by atoms with Gasteiger partial charge in [0.1, 0.15) is 0 Å². The van der Waals surface area contributed by atoms with Crippen molar-refractivity contribution in [2.24, 2.45) is 11.0 Å². The second-order valence-corrected chi connectivity index (χ2v) is 4.95. The summed E-state index contributed by atoms with van der Waals surface area (Å²) in [6.45, 7) is 0.961. The molecule has 0 bridgehead atoms. The lowest BCUT2D eigenvalue weighted by Crippen LogP contribution is -2.24. The highest BCUT2D eigenvalue weighted by Gasteiger charge is 2.29. The Morgan fingerprint density at radius 2 is 2.10 bits per heavy atom. The van der Waals surface area contributed by atoms with Crippen molar-refractivity contribution in [3.05, 3.63) is 53.2 Å². The Bertz CT molecular complexity index is 672. The second-order valence-electron chi connectivity index (χ2n) is 4.95. The molecule has 1 aliphatic rings. The summed E-state index contributed by atoms with van der Waals surface area (Å²) < 4.78 is 1.76. The number of hydrogen-bond acceptors (Lipinski definition) is 3. The van der Waals surface area contributed by atoms with Gasteiger partial charge in [-0.15, -0.1) is 0 Å². The van der Waals surface area contributed by atoms with E-state index in [-0.39, 0.29) is 11.8 Å². The molecule has 7 heteroatoms. The minimum atomic E-state index is 0.0694. The summed E-state index contributed by atoms with van der Waals surface area (Å²) in [5, 5.41) is 7.72. The highest BCUT2D eigenvalue weighted by molar-refractivity contribution is 5.95. The molecule has 0 radical (unpaired) electrons. The predicted molar refractivity (Wildman–Crippen MR) is 78.0 cm³/mol. The molecule has 7 nitrogen and oxygen atoms in total. The van der Waals surface area contributed by atoms with Crippen LogP contribution in [0.25, 0.3) is 16.1 Å². The maximum atomic E-state index is 12.0. The van der Waals surface area contributed by atoms with Gasteiger partial charge in [-0.3, -0.25) is 4.79 Å². The van der Waals surface area contributed by atoms with Crippen molar-refractivity contribution in [1.29, 1.82) is 0 Å². The molecule has 1 aliphatic heterocycles. The van der Waals surface area contributed by atoms with Gasteiger partial charge in [-0.1, -0.05) is 5.11 Å². The van der Waals surface area contributed by atoms with Gasteiger partial charge in [0.2, 0.25) is 5.91 Å². The van der Waals surface area contributed by atoms with E-state index in [1.54, 1.807) is 15.8 Å². The molecule has 1 aromatic heterocycles. The van der Waals surface area contributed by atoms with Gasteiger partial charge in [0, 0.05) is 42.5 Å². The van der Waals surface area contributed by atoms with Gasteiger partial charge in [0.15, 0.2) is 0 Å². The maximum absolute atomic E-state index is 12.0. The van der Waals surface area contributed by atoms with Crippen LogP contribution in [0, 0.1) is 5.92 Å². The zero-order chi connectivity index (χ0) is 14.7. The summed E-state index contributed by atoms with van der Waals surface area (Å²) in [6.07, 6.45) is 4.02. The molecule has 2 heterocycles. The molecular formula is C14H14N6O. The smallest absolute Gasteiger partial charge is 0.227 e. The molecule has 106 valence electrons. The van der Waals surface area contributed by atoms with Gasteiger partial charge in [0.05, 0.1) is 5.69 Å². The Hall–Kier alpha value is -2.79. The predicted octanol–water partition coefficient (Wildman–Crippen LogP) is 2.54. The molecule has 1 unspecified atom stereocenters. The zero-order valence-corrected chi connectivity index (χ0v) is 11.3. The first kappa shape index (κ1) is 13.2. The fraction of sp³-hybridized carbons (Fsp3) is 0.286. The average molecular weight is 282 g/mol. The van der Waals surface area contributed by atoms with E-state index in [2.05, 4.69) is 15.1 Å². The second kappa shape index (κ2) is 5.68. The summed E-state index contributed by atoms with van der Waals surface area (Å²) in [6, 6.07) is 9.53. The first-order valence-electron chi connectivity index (χ1n) is 6.69. The fourth-order valence-electron chi connectivity index (χ4n) is 2.51. The Kier molecular flexibility index (Phi) is 3.57. The summed E-state index contributed by atoms with van der Waals surface area (Å²) in [5.41, 5.74) is 10.2. The van der Waals surface area contributed by atoms with Gasteiger partial charge in [-0.25, -0.2) is 4.68 Å². The van der Waals surface area contributed by atoms with Crippen molar-refractivity contribution >= 4 is 11.6 Å². The van der Waals surface area contributed by atoms with Crippen molar-refractivity contribution in [2.45, 2.75) is 6.42 Å². The van der Waals surface area contributed by atoms with Crippen LogP contribution in [0.5, 0.6) is 0 Å². The number of nitrogens with zero attached hydrogens (tertiary/aromatic N) is 6. The van der Waals surface area contributed by atoms with E-state index in [9.17, 15) is 4.79 Å². The van der Waals surface area contributed by atoms with Gasteiger partial charge in [-0.2, -0.15) is 5.10 Å². The summed E-state index contributed by atoms with van der Waals surface area (Å²) in [7, 11) is 0. The molecule has 1 aromatic carbocycles. The normalized spacial score (nSPS) is 17.8. The quantitative estimate of drug-likeness (QED) is 0.490. The van der Waals surface area contributed by atoms with Crippen LogP contribution < -0.4 is 4.90 Å². The highest BCUT2D eigenvalue weighted by atomic mass is 16.2. The van der Waals surface area contributed by atoms with Gasteiger partial charge < -0.3 is 4.90 Å². The molecule has 21 heavy (non-hydrogen) atoms. The fourth-order valence-corrected chi connectivity index (χ4v) is 2.51. The highest BCUT2D eigenvalue weighted by Crippen LogP contribution is 2.26. The monoisotopic (exact) mass is 282 g/mol. The standard InChI is InChI=1S/C14H14N6O/c15-18-16-9-11-8-14(21)19(10-11)12-2-4-13(5-3-12)20-7-1-6-17-20/h1-7,11H,8-10H2. The summed E-state index contributed by atoms with van der Waals surface area (Å²) >= 11 is 0. The minimum absolute atomic E-state index is 0.0694. The molecule has 1 atom stereocenters. The molecular weight excluding hydrogens is 268 g/mol. The molecule has 0 saturated carbocycles. The van der Waals surface area contributed by atoms with E-state index in [1.165, 1.54) is 0 Å². The van der Waals surface area contributed by atoms with Crippen molar-refractivity contribution in [3.63, 3.8) is 0 Å². The number of carbonyl (C=O) groups is 1. The number of azide groups is 1. The lowest BCUT2D eigenvalue weighted by molar-refractivity contribution is -0.117. The summed E-state index contributed by atoms with van der Waals surface area (Å²) in [5.74, 6) is 0.166. The van der Waals surface area contributed by atoms with Crippen LogP contribution in [0.1, 0.15) is 6.42 Å². The van der Waals surface area contributed by atoms with Crippen molar-refractivity contribution < 1.29 is 4.79 Å². The van der Waals surface area contributed by atoms with Crippen LogP contribution in [-0.4, -0.2) is 28.8 Å². The lowest BCUT2D eigenvalue weighted by atomic mass is 10.1. The minimum Gasteiger partial charge on any atom is -0.312 e. The van der Waals surface area contributed by atoms with Crippen LogP contribution in [0.4, 0.5) is 5.69 Å². The van der Waals surface area contributed by atoms with Crippen LogP contribution in [0.2, 0.25) is 0 Å². The molecule has 1 amide bonds. The Balaban J connectivity index is 1.75. The first-order valence-corrected chi connectivity index (χ1v) is 6.69. The van der Waals surface area contributed by atoms with Crippen molar-refractivity contribution in [1.82, 2.24) is 9.78 Å².